The van der Waals surface area contributed by atoms with E-state index in [1.165, 1.54) is 18.9 Å². The van der Waals surface area contributed by atoms with Crippen LogP contribution in [0.5, 0.6) is 0 Å². The van der Waals surface area contributed by atoms with E-state index in [1.807, 2.05) is 31.2 Å². The summed E-state index contributed by atoms with van der Waals surface area (Å²) in [6, 6.07) is 6.44. The summed E-state index contributed by atoms with van der Waals surface area (Å²) < 4.78 is 79.5. The van der Waals surface area contributed by atoms with Crippen molar-refractivity contribution in [2.24, 2.45) is 5.73 Å². The van der Waals surface area contributed by atoms with E-state index in [0.717, 1.165) is 16.0 Å². The van der Waals surface area contributed by atoms with Crippen molar-refractivity contribution in [3.63, 3.8) is 0 Å². The largest absolute Gasteiger partial charge is 0.416 e. The number of likely N-dealkylation sites (tertiary alicyclic amines) is 1. The second-order valence-electron chi connectivity index (χ2n) is 8.36. The summed E-state index contributed by atoms with van der Waals surface area (Å²) in [7, 11) is 1.36. The number of amides is 2. The fourth-order valence-electron chi connectivity index (χ4n) is 4.16. The van der Waals surface area contributed by atoms with Crippen molar-refractivity contribution in [3.8, 4) is 0 Å². The van der Waals surface area contributed by atoms with Crippen LogP contribution in [0, 0.1) is 6.92 Å². The maximum Gasteiger partial charge on any atom is 0.416 e. The third kappa shape index (κ3) is 5.10. The number of hydrogen-bond acceptors (Lipinski definition) is 2. The second-order valence-corrected chi connectivity index (χ2v) is 8.36. The monoisotopic (exact) mass is 473 g/mol. The molecule has 33 heavy (non-hydrogen) atoms. The Morgan fingerprint density at radius 1 is 1.06 bits per heavy atom. The number of carbonyl (C=O) groups excluding carboxylic acids is 1. The maximum absolute atomic E-state index is 13.3. The van der Waals surface area contributed by atoms with Gasteiger partial charge in [-0.05, 0) is 55.2 Å². The van der Waals surface area contributed by atoms with Crippen LogP contribution < -0.4 is 5.73 Å². The SMILES string of the molecule is Cc1ccccc1[C@H]1[C@H](N)CCN1C(=O)N(C)[C@H](C)c1cc(C(F)(F)F)cc(C(F)(F)F)c1. The molecular weight excluding hydrogens is 448 g/mol. The summed E-state index contributed by atoms with van der Waals surface area (Å²) in [5, 5.41) is 0. The van der Waals surface area contributed by atoms with Gasteiger partial charge in [-0.25, -0.2) is 4.79 Å². The highest BCUT2D eigenvalue weighted by Crippen LogP contribution is 2.39. The lowest BCUT2D eigenvalue weighted by molar-refractivity contribution is -0.143. The summed E-state index contributed by atoms with van der Waals surface area (Å²) in [6.45, 7) is 3.61. The lowest BCUT2D eigenvalue weighted by Gasteiger charge is -2.35. The van der Waals surface area contributed by atoms with E-state index in [9.17, 15) is 31.1 Å². The van der Waals surface area contributed by atoms with Crippen molar-refractivity contribution in [2.75, 3.05) is 13.6 Å². The van der Waals surface area contributed by atoms with Crippen LogP contribution in [0.3, 0.4) is 0 Å². The molecule has 4 nitrogen and oxygen atoms in total. The van der Waals surface area contributed by atoms with Gasteiger partial charge in [0, 0.05) is 19.6 Å². The Kier molecular flexibility index (Phi) is 6.70. The van der Waals surface area contributed by atoms with E-state index in [0.29, 0.717) is 25.1 Å². The molecule has 2 aromatic rings. The van der Waals surface area contributed by atoms with E-state index in [-0.39, 0.29) is 17.7 Å². The number of rotatable bonds is 3. The number of benzene rings is 2. The van der Waals surface area contributed by atoms with Crippen LogP contribution in [-0.2, 0) is 12.4 Å². The molecule has 0 unspecified atom stereocenters. The van der Waals surface area contributed by atoms with E-state index in [4.69, 9.17) is 5.73 Å². The van der Waals surface area contributed by atoms with E-state index >= 15 is 0 Å². The molecule has 1 aliphatic rings. The van der Waals surface area contributed by atoms with Crippen LogP contribution in [-0.4, -0.2) is 35.5 Å². The third-order valence-corrected chi connectivity index (χ3v) is 6.17. The second kappa shape index (κ2) is 8.89. The van der Waals surface area contributed by atoms with Gasteiger partial charge < -0.3 is 15.5 Å². The van der Waals surface area contributed by atoms with Crippen LogP contribution in [0.1, 0.15) is 53.2 Å². The minimum absolute atomic E-state index is 0.0751. The summed E-state index contributed by atoms with van der Waals surface area (Å²) in [4.78, 5) is 16.0. The van der Waals surface area contributed by atoms with Gasteiger partial charge in [0.1, 0.15) is 0 Å². The average molecular weight is 473 g/mol. The van der Waals surface area contributed by atoms with Crippen molar-refractivity contribution in [1.82, 2.24) is 9.80 Å². The topological polar surface area (TPSA) is 49.6 Å². The van der Waals surface area contributed by atoms with Gasteiger partial charge in [-0.1, -0.05) is 24.3 Å². The predicted molar refractivity (Wildman–Crippen MR) is 111 cm³/mol. The third-order valence-electron chi connectivity index (χ3n) is 6.17. The van der Waals surface area contributed by atoms with Crippen molar-refractivity contribution in [1.29, 1.82) is 0 Å². The molecule has 1 heterocycles. The minimum atomic E-state index is -4.96. The Balaban J connectivity index is 1.94. The van der Waals surface area contributed by atoms with Gasteiger partial charge in [0.2, 0.25) is 0 Å². The molecule has 1 fully saturated rings. The predicted octanol–water partition coefficient (Wildman–Crippen LogP) is 5.92. The molecule has 2 amide bonds. The molecule has 0 saturated carbocycles. The molecule has 10 heteroatoms. The number of nitrogens with two attached hydrogens (primary N) is 1. The van der Waals surface area contributed by atoms with Gasteiger partial charge in [0.05, 0.1) is 23.2 Å². The van der Waals surface area contributed by atoms with Crippen LogP contribution >= 0.6 is 0 Å². The van der Waals surface area contributed by atoms with Crippen LogP contribution in [0.15, 0.2) is 42.5 Å². The van der Waals surface area contributed by atoms with Gasteiger partial charge in [-0.15, -0.1) is 0 Å². The summed E-state index contributed by atoms with van der Waals surface area (Å²) in [5.41, 5.74) is 4.97. The first-order chi connectivity index (χ1) is 15.2. The Morgan fingerprint density at radius 3 is 2.12 bits per heavy atom. The smallest absolute Gasteiger partial charge is 0.326 e. The highest BCUT2D eigenvalue weighted by atomic mass is 19.4. The van der Waals surface area contributed by atoms with Crippen LogP contribution in [0.2, 0.25) is 0 Å². The fourth-order valence-corrected chi connectivity index (χ4v) is 4.16. The fraction of sp³-hybridized carbons (Fsp3) is 0.435. The lowest BCUT2D eigenvalue weighted by atomic mass is 9.96. The van der Waals surface area contributed by atoms with Crippen molar-refractivity contribution in [3.05, 3.63) is 70.3 Å². The van der Waals surface area contributed by atoms with Crippen molar-refractivity contribution in [2.45, 2.75) is 50.7 Å². The number of nitrogens with zero attached hydrogens (tertiary/aromatic N) is 2. The number of alkyl halides is 6. The highest BCUT2D eigenvalue weighted by molar-refractivity contribution is 5.76. The van der Waals surface area contributed by atoms with E-state index < -0.39 is 41.6 Å². The van der Waals surface area contributed by atoms with Gasteiger partial charge in [0.15, 0.2) is 0 Å². The molecule has 0 aliphatic carbocycles. The Labute approximate surface area is 188 Å². The average Bonchev–Trinajstić information content (AvgIpc) is 3.12. The number of halogens is 6. The number of urea groups is 1. The molecule has 180 valence electrons. The summed E-state index contributed by atoms with van der Waals surface area (Å²) in [5.74, 6) is 0. The van der Waals surface area contributed by atoms with Crippen LogP contribution in [0.4, 0.5) is 31.1 Å². The van der Waals surface area contributed by atoms with Crippen LogP contribution in [0.25, 0.3) is 0 Å². The van der Waals surface area contributed by atoms with Gasteiger partial charge in [-0.2, -0.15) is 26.3 Å². The van der Waals surface area contributed by atoms with Crippen molar-refractivity contribution < 1.29 is 31.1 Å². The molecule has 1 saturated heterocycles. The zero-order chi connectivity index (χ0) is 24.7. The zero-order valence-electron chi connectivity index (χ0n) is 18.3. The Hall–Kier alpha value is -2.75. The summed E-state index contributed by atoms with van der Waals surface area (Å²) >= 11 is 0. The van der Waals surface area contributed by atoms with E-state index in [2.05, 4.69) is 0 Å². The quantitative estimate of drug-likeness (QED) is 0.563. The van der Waals surface area contributed by atoms with Gasteiger partial charge in [0.25, 0.3) is 0 Å². The molecular formula is C23H25F6N3O. The summed E-state index contributed by atoms with van der Waals surface area (Å²) in [6.07, 6.45) is -9.40. The molecule has 0 radical (unpaired) electrons. The zero-order valence-corrected chi connectivity index (χ0v) is 18.3. The molecule has 1 aliphatic heterocycles. The molecule has 3 rings (SSSR count). The Bertz CT molecular complexity index is 988. The van der Waals surface area contributed by atoms with E-state index in [1.54, 1.807) is 0 Å². The molecule has 2 aromatic carbocycles. The minimum Gasteiger partial charge on any atom is -0.326 e. The first-order valence-electron chi connectivity index (χ1n) is 10.4. The normalized spacial score (nSPS) is 20.1. The molecule has 0 aromatic heterocycles. The number of carbonyl (C=O) groups is 1. The highest BCUT2D eigenvalue weighted by Gasteiger charge is 2.40. The molecule has 0 bridgehead atoms. The number of hydrogen-bond donors (Lipinski definition) is 1. The standard InChI is InChI=1S/C23H25F6N3O/c1-13-6-4-5-7-18(13)20-19(30)8-9-32(20)21(33)31(3)14(2)15-10-16(22(24,25)26)12-17(11-15)23(27,28)29/h4-7,10-12,14,19-20H,8-9,30H2,1-3H3/t14-,19-,20+/m1/s1. The van der Waals surface area contributed by atoms with Crippen molar-refractivity contribution >= 4 is 6.03 Å². The van der Waals surface area contributed by atoms with Gasteiger partial charge >= 0.3 is 18.4 Å². The first kappa shape index (κ1) is 24.9. The first-order valence-corrected chi connectivity index (χ1v) is 10.4. The number of aryl methyl sites for hydroxylation is 1. The lowest BCUT2D eigenvalue weighted by Crippen LogP contribution is -2.44. The molecule has 3 atom stereocenters. The molecule has 0 spiro atoms. The Morgan fingerprint density at radius 2 is 1.61 bits per heavy atom. The molecule has 2 N–H and O–H groups in total. The van der Waals surface area contributed by atoms with Gasteiger partial charge in [-0.3, -0.25) is 0 Å². The maximum atomic E-state index is 13.3.